The molecule has 0 spiro atoms. The Kier molecular flexibility index (Phi) is 9.77. The zero-order valence-corrected chi connectivity index (χ0v) is 40.4. The molecule has 0 aliphatic rings. The monoisotopic (exact) mass is 850 g/mol. The van der Waals surface area contributed by atoms with Gasteiger partial charge in [-0.05, 0) is 140 Å². The second kappa shape index (κ2) is 15.0. The first-order valence-electron chi connectivity index (χ1n) is 23.4. The van der Waals surface area contributed by atoms with Crippen molar-refractivity contribution in [2.45, 2.75) is 105 Å². The molecule has 0 atom stereocenters. The number of para-hydroxylation sites is 1. The number of hydrogen-bond donors (Lipinski definition) is 0. The third kappa shape index (κ3) is 7.40. The van der Waals surface area contributed by atoms with Crippen LogP contribution in [0.2, 0.25) is 0 Å². The van der Waals surface area contributed by atoms with Gasteiger partial charge in [0.2, 0.25) is 0 Å². The Morgan fingerprint density at radius 3 is 1.22 bits per heavy atom. The molecule has 0 fully saturated rings. The van der Waals surface area contributed by atoms with Crippen LogP contribution in [0.15, 0.2) is 164 Å². The maximum Gasteiger partial charge on any atom is 0.0641 e. The van der Waals surface area contributed by atoms with Gasteiger partial charge in [-0.25, -0.2) is 0 Å². The van der Waals surface area contributed by atoms with E-state index in [0.29, 0.717) is 0 Å². The highest BCUT2D eigenvalue weighted by Gasteiger charge is 2.26. The molecule has 0 bridgehead atoms. The summed E-state index contributed by atoms with van der Waals surface area (Å²) in [7, 11) is 0. The van der Waals surface area contributed by atoms with Crippen LogP contribution >= 0.6 is 0 Å². The molecule has 10 rings (SSSR count). The number of anilines is 6. The van der Waals surface area contributed by atoms with E-state index in [4.69, 9.17) is 0 Å². The summed E-state index contributed by atoms with van der Waals surface area (Å²) in [4.78, 5) is 4.88. The maximum absolute atomic E-state index is 2.53. The maximum atomic E-state index is 2.53. The van der Waals surface area contributed by atoms with Crippen molar-refractivity contribution < 1.29 is 0 Å². The van der Waals surface area contributed by atoms with Crippen molar-refractivity contribution in [3.63, 3.8) is 0 Å². The molecule has 0 unspecified atom stereocenters. The van der Waals surface area contributed by atoms with Gasteiger partial charge >= 0.3 is 0 Å². The summed E-state index contributed by atoms with van der Waals surface area (Å²) in [5.74, 6) is 0. The predicted octanol–water partition coefficient (Wildman–Crippen LogP) is 18.1. The van der Waals surface area contributed by atoms with E-state index >= 15 is 0 Å². The number of rotatable bonds is 6. The number of hydrogen-bond acceptors (Lipinski definition) is 2. The molecule has 3 heteroatoms. The van der Waals surface area contributed by atoms with Gasteiger partial charge in [0.15, 0.2) is 0 Å². The highest BCUT2D eigenvalue weighted by Crippen LogP contribution is 2.49. The van der Waals surface area contributed by atoms with E-state index in [1.165, 1.54) is 76.8 Å². The second-order valence-corrected chi connectivity index (χ2v) is 22.5. The molecule has 65 heavy (non-hydrogen) atoms. The first-order valence-corrected chi connectivity index (χ1v) is 23.4. The SMILES string of the molecule is CC(C)(C)c1ccc(N(c2ccc(C(C)(C)C)cc2)c2ccc3cc4c5ccc(N(c6ccc(C(C)(C)C)cc6)c6ccc(C(C)(C)C)cc6)c6c7ccccc7n(c4cc3c2)c56)cc1. The average molecular weight is 850 g/mol. The fourth-order valence-electron chi connectivity index (χ4n) is 9.86. The topological polar surface area (TPSA) is 10.9 Å². The highest BCUT2D eigenvalue weighted by atomic mass is 15.2. The van der Waals surface area contributed by atoms with Gasteiger partial charge in [0.1, 0.15) is 0 Å². The molecule has 326 valence electrons. The third-order valence-electron chi connectivity index (χ3n) is 13.7. The molecular weight excluding hydrogens is 787 g/mol. The second-order valence-electron chi connectivity index (χ2n) is 22.5. The smallest absolute Gasteiger partial charge is 0.0641 e. The summed E-state index contributed by atoms with van der Waals surface area (Å²) in [6.07, 6.45) is 0. The van der Waals surface area contributed by atoms with Crippen LogP contribution in [0.1, 0.15) is 105 Å². The molecule has 2 aromatic heterocycles. The third-order valence-corrected chi connectivity index (χ3v) is 13.7. The first kappa shape index (κ1) is 42.4. The van der Waals surface area contributed by atoms with Crippen LogP contribution in [0.3, 0.4) is 0 Å². The van der Waals surface area contributed by atoms with Gasteiger partial charge in [0.25, 0.3) is 0 Å². The fraction of sp³-hybridized carbons (Fsp3) is 0.258. The molecule has 0 N–H and O–H groups in total. The Balaban J connectivity index is 1.18. The molecule has 8 aromatic carbocycles. The van der Waals surface area contributed by atoms with Gasteiger partial charge < -0.3 is 14.2 Å². The van der Waals surface area contributed by atoms with Crippen molar-refractivity contribution >= 4 is 83.0 Å². The average Bonchev–Trinajstić information content (AvgIpc) is 3.78. The minimum absolute atomic E-state index is 0.0581. The lowest BCUT2D eigenvalue weighted by atomic mass is 9.86. The zero-order chi connectivity index (χ0) is 45.8. The van der Waals surface area contributed by atoms with Crippen molar-refractivity contribution in [3.05, 3.63) is 186 Å². The van der Waals surface area contributed by atoms with E-state index in [1.54, 1.807) is 0 Å². The summed E-state index contributed by atoms with van der Waals surface area (Å²) in [5.41, 5.74) is 16.1. The van der Waals surface area contributed by atoms with Gasteiger partial charge in [-0.1, -0.05) is 162 Å². The van der Waals surface area contributed by atoms with E-state index in [9.17, 15) is 0 Å². The molecule has 0 radical (unpaired) electrons. The van der Waals surface area contributed by atoms with Crippen molar-refractivity contribution in [2.75, 3.05) is 9.80 Å². The van der Waals surface area contributed by atoms with Crippen LogP contribution in [0.4, 0.5) is 34.1 Å². The van der Waals surface area contributed by atoms with Gasteiger partial charge in [-0.15, -0.1) is 0 Å². The fourth-order valence-corrected chi connectivity index (χ4v) is 9.86. The quantitative estimate of drug-likeness (QED) is 0.165. The minimum atomic E-state index is 0.0581. The Hall–Kier alpha value is -6.58. The standard InChI is InChI=1S/C62H63N3/c1-59(2,3)42-18-27-46(28-19-42)63(47-29-20-43(21-30-47)60(4,5)6)50-26-17-40-38-53-51-35-36-55(57-52-15-13-14-16-54(52)65(58(51)57)56(53)39-41(40)37-50)64(48-31-22-44(23-32-48)61(7,8)9)49-33-24-45(25-34-49)62(10,11)12/h13-39H,1-12H3. The van der Waals surface area contributed by atoms with Crippen LogP contribution in [0, 0.1) is 0 Å². The van der Waals surface area contributed by atoms with Crippen LogP contribution < -0.4 is 9.80 Å². The molecule has 3 nitrogen and oxygen atoms in total. The van der Waals surface area contributed by atoms with Crippen LogP contribution in [0.5, 0.6) is 0 Å². The van der Waals surface area contributed by atoms with E-state index in [2.05, 4.69) is 261 Å². The van der Waals surface area contributed by atoms with Crippen molar-refractivity contribution in [1.29, 1.82) is 0 Å². The lowest BCUT2D eigenvalue weighted by Gasteiger charge is -2.28. The predicted molar refractivity (Wildman–Crippen MR) is 283 cm³/mol. The Morgan fingerprint density at radius 2 is 0.754 bits per heavy atom. The van der Waals surface area contributed by atoms with Crippen LogP contribution in [0.25, 0.3) is 48.9 Å². The summed E-state index contributed by atoms with van der Waals surface area (Å²) < 4.78 is 2.53. The molecule has 0 aliphatic carbocycles. The minimum Gasteiger partial charge on any atom is -0.310 e. The van der Waals surface area contributed by atoms with Gasteiger partial charge in [0, 0.05) is 50.0 Å². The van der Waals surface area contributed by atoms with E-state index in [0.717, 1.165) is 28.4 Å². The summed E-state index contributed by atoms with van der Waals surface area (Å²) in [5, 5.41) is 7.50. The van der Waals surface area contributed by atoms with Crippen molar-refractivity contribution in [2.24, 2.45) is 0 Å². The Labute approximate surface area is 386 Å². The number of nitrogens with zero attached hydrogens (tertiary/aromatic N) is 3. The number of fused-ring (bicyclic) bond motifs is 7. The van der Waals surface area contributed by atoms with Crippen LogP contribution in [-0.4, -0.2) is 4.40 Å². The molecule has 0 saturated heterocycles. The lowest BCUT2D eigenvalue weighted by molar-refractivity contribution is 0.590. The van der Waals surface area contributed by atoms with E-state index < -0.39 is 0 Å². The molecule has 0 saturated carbocycles. The summed E-state index contributed by atoms with van der Waals surface area (Å²) in [6.45, 7) is 27.4. The van der Waals surface area contributed by atoms with Gasteiger partial charge in [-0.2, -0.15) is 0 Å². The number of benzene rings is 8. The van der Waals surface area contributed by atoms with Gasteiger partial charge in [0.05, 0.1) is 22.2 Å². The van der Waals surface area contributed by atoms with Gasteiger partial charge in [-0.3, -0.25) is 0 Å². The first-order chi connectivity index (χ1) is 30.8. The van der Waals surface area contributed by atoms with Crippen LogP contribution in [-0.2, 0) is 21.7 Å². The zero-order valence-electron chi connectivity index (χ0n) is 40.4. The van der Waals surface area contributed by atoms with E-state index in [1.807, 2.05) is 0 Å². The molecular formula is C62H63N3. The van der Waals surface area contributed by atoms with E-state index in [-0.39, 0.29) is 21.7 Å². The molecule has 0 aliphatic heterocycles. The van der Waals surface area contributed by atoms with Crippen molar-refractivity contribution in [1.82, 2.24) is 4.40 Å². The number of aromatic nitrogens is 1. The molecule has 10 aromatic rings. The highest BCUT2D eigenvalue weighted by molar-refractivity contribution is 6.28. The largest absolute Gasteiger partial charge is 0.310 e. The molecule has 0 amide bonds. The summed E-state index contributed by atoms with van der Waals surface area (Å²) in [6, 6.07) is 62.2. The normalized spacial score (nSPS) is 12.9. The van der Waals surface area contributed by atoms with Crippen molar-refractivity contribution in [3.8, 4) is 0 Å². The lowest BCUT2D eigenvalue weighted by Crippen LogP contribution is -2.14. The Bertz CT molecular complexity index is 3240. The molecule has 2 heterocycles. The Morgan fingerprint density at radius 1 is 0.323 bits per heavy atom. The summed E-state index contributed by atoms with van der Waals surface area (Å²) >= 11 is 0.